The standard InChI is InChI=1S/C23H28N2O5/c1-13(26)30-16-10-8-15(9-11-16)25-18(27)12-17(20(25)28)24(14-6-7-14)21(29)19-22(2,3)23(19,4)5/h8-11,14,17,19H,6-7,12H2,1-5H3. The van der Waals surface area contributed by atoms with Crippen molar-refractivity contribution in [2.75, 3.05) is 4.90 Å². The minimum Gasteiger partial charge on any atom is -0.427 e. The molecule has 1 aromatic rings. The van der Waals surface area contributed by atoms with Crippen molar-refractivity contribution >= 4 is 29.4 Å². The van der Waals surface area contributed by atoms with E-state index in [0.717, 1.165) is 17.7 Å². The van der Waals surface area contributed by atoms with Crippen molar-refractivity contribution in [2.45, 2.75) is 66.0 Å². The van der Waals surface area contributed by atoms with Gasteiger partial charge in [0.15, 0.2) is 0 Å². The number of esters is 1. The second-order valence-corrected chi connectivity index (χ2v) is 9.73. The highest BCUT2D eigenvalue weighted by Crippen LogP contribution is 2.69. The number of carbonyl (C=O) groups excluding carboxylic acids is 4. The quantitative estimate of drug-likeness (QED) is 0.422. The van der Waals surface area contributed by atoms with Gasteiger partial charge in [0.05, 0.1) is 12.1 Å². The minimum absolute atomic E-state index is 0.000345. The molecule has 1 aromatic carbocycles. The van der Waals surface area contributed by atoms with Crippen LogP contribution in [-0.4, -0.2) is 40.7 Å². The van der Waals surface area contributed by atoms with Crippen LogP contribution in [0.3, 0.4) is 0 Å². The first kappa shape index (κ1) is 20.6. The minimum atomic E-state index is -0.752. The molecule has 1 atom stereocenters. The Morgan fingerprint density at radius 2 is 1.60 bits per heavy atom. The second kappa shape index (κ2) is 6.65. The van der Waals surface area contributed by atoms with E-state index in [2.05, 4.69) is 27.7 Å². The van der Waals surface area contributed by atoms with Gasteiger partial charge in [0.2, 0.25) is 11.8 Å². The zero-order valence-corrected chi connectivity index (χ0v) is 18.1. The number of rotatable bonds is 5. The van der Waals surface area contributed by atoms with E-state index in [1.807, 2.05) is 0 Å². The Labute approximate surface area is 176 Å². The van der Waals surface area contributed by atoms with Crippen LogP contribution in [0, 0.1) is 16.7 Å². The highest BCUT2D eigenvalue weighted by Gasteiger charge is 2.70. The molecule has 1 heterocycles. The van der Waals surface area contributed by atoms with Crippen molar-refractivity contribution in [1.82, 2.24) is 4.90 Å². The van der Waals surface area contributed by atoms with Gasteiger partial charge < -0.3 is 9.64 Å². The lowest BCUT2D eigenvalue weighted by atomic mass is 10.0. The summed E-state index contributed by atoms with van der Waals surface area (Å²) in [6.45, 7) is 9.63. The van der Waals surface area contributed by atoms with E-state index in [9.17, 15) is 19.2 Å². The van der Waals surface area contributed by atoms with E-state index in [1.165, 1.54) is 6.92 Å². The topological polar surface area (TPSA) is 84.0 Å². The molecule has 7 heteroatoms. The Bertz CT molecular complexity index is 915. The number of amides is 3. The first-order valence-corrected chi connectivity index (χ1v) is 10.4. The molecule has 0 N–H and O–H groups in total. The Hall–Kier alpha value is -2.70. The normalized spacial score (nSPS) is 24.7. The molecule has 160 valence electrons. The SMILES string of the molecule is CC(=O)Oc1ccc(N2C(=O)CC(N(C(=O)C3C(C)(C)C3(C)C)C3CC3)C2=O)cc1. The summed E-state index contributed by atoms with van der Waals surface area (Å²) in [5.74, 6) is -0.943. The molecular formula is C23H28N2O5. The molecule has 0 aromatic heterocycles. The number of hydrogen-bond acceptors (Lipinski definition) is 5. The van der Waals surface area contributed by atoms with Gasteiger partial charge in [-0.15, -0.1) is 0 Å². The predicted molar refractivity (Wildman–Crippen MR) is 110 cm³/mol. The largest absolute Gasteiger partial charge is 0.427 e. The third-order valence-electron chi connectivity index (χ3n) is 7.28. The van der Waals surface area contributed by atoms with Crippen LogP contribution in [0.25, 0.3) is 0 Å². The van der Waals surface area contributed by atoms with Crippen molar-refractivity contribution in [3.8, 4) is 5.75 Å². The summed E-state index contributed by atoms with van der Waals surface area (Å²) in [7, 11) is 0. The Morgan fingerprint density at radius 1 is 1.03 bits per heavy atom. The summed E-state index contributed by atoms with van der Waals surface area (Å²) in [4.78, 5) is 53.4. The first-order valence-electron chi connectivity index (χ1n) is 10.4. The molecule has 2 aliphatic carbocycles. The Morgan fingerprint density at radius 3 is 2.07 bits per heavy atom. The highest BCUT2D eigenvalue weighted by molar-refractivity contribution is 6.23. The monoisotopic (exact) mass is 412 g/mol. The van der Waals surface area contributed by atoms with Crippen LogP contribution in [0.15, 0.2) is 24.3 Å². The molecule has 30 heavy (non-hydrogen) atoms. The Balaban J connectivity index is 1.57. The van der Waals surface area contributed by atoms with Crippen molar-refractivity contribution < 1.29 is 23.9 Å². The summed E-state index contributed by atoms with van der Waals surface area (Å²) in [6, 6.07) is 5.53. The van der Waals surface area contributed by atoms with E-state index >= 15 is 0 Å². The van der Waals surface area contributed by atoms with E-state index in [4.69, 9.17) is 4.74 Å². The van der Waals surface area contributed by atoms with Gasteiger partial charge in [-0.1, -0.05) is 27.7 Å². The zero-order valence-electron chi connectivity index (χ0n) is 18.1. The molecule has 1 aliphatic heterocycles. The lowest BCUT2D eigenvalue weighted by molar-refractivity contribution is -0.141. The molecule has 3 fully saturated rings. The number of hydrogen-bond donors (Lipinski definition) is 0. The predicted octanol–water partition coefficient (Wildman–Crippen LogP) is 2.92. The Kier molecular flexibility index (Phi) is 4.56. The summed E-state index contributed by atoms with van der Waals surface area (Å²) in [6.07, 6.45) is 1.74. The van der Waals surface area contributed by atoms with Gasteiger partial charge in [-0.05, 0) is 47.9 Å². The molecule has 3 amide bonds. The van der Waals surface area contributed by atoms with E-state index in [1.54, 1.807) is 29.2 Å². The van der Waals surface area contributed by atoms with Gasteiger partial charge in [-0.2, -0.15) is 0 Å². The smallest absolute Gasteiger partial charge is 0.308 e. The molecular weight excluding hydrogens is 384 g/mol. The average Bonchev–Trinajstić information content (AvgIpc) is 3.49. The number of ether oxygens (including phenoxy) is 1. The summed E-state index contributed by atoms with van der Waals surface area (Å²) >= 11 is 0. The molecule has 7 nitrogen and oxygen atoms in total. The first-order chi connectivity index (χ1) is 14.0. The molecule has 0 radical (unpaired) electrons. The maximum atomic E-state index is 13.4. The van der Waals surface area contributed by atoms with Crippen LogP contribution in [0.4, 0.5) is 5.69 Å². The lowest BCUT2D eigenvalue weighted by Gasteiger charge is -2.28. The number of imide groups is 1. The van der Waals surface area contributed by atoms with Crippen LogP contribution in [0.2, 0.25) is 0 Å². The highest BCUT2D eigenvalue weighted by atomic mass is 16.5. The van der Waals surface area contributed by atoms with E-state index in [0.29, 0.717) is 11.4 Å². The molecule has 4 rings (SSSR count). The van der Waals surface area contributed by atoms with Crippen molar-refractivity contribution in [3.05, 3.63) is 24.3 Å². The van der Waals surface area contributed by atoms with Gasteiger partial charge in [0, 0.05) is 18.9 Å². The van der Waals surface area contributed by atoms with Crippen molar-refractivity contribution in [2.24, 2.45) is 16.7 Å². The maximum absolute atomic E-state index is 13.4. The van der Waals surface area contributed by atoms with Gasteiger partial charge >= 0.3 is 5.97 Å². The van der Waals surface area contributed by atoms with E-state index in [-0.39, 0.29) is 46.9 Å². The van der Waals surface area contributed by atoms with Crippen LogP contribution < -0.4 is 9.64 Å². The number of nitrogens with zero attached hydrogens (tertiary/aromatic N) is 2. The summed E-state index contributed by atoms with van der Waals surface area (Å²) in [5, 5.41) is 0. The van der Waals surface area contributed by atoms with Crippen LogP contribution in [0.5, 0.6) is 5.75 Å². The molecule has 0 bridgehead atoms. The van der Waals surface area contributed by atoms with Crippen LogP contribution >= 0.6 is 0 Å². The van der Waals surface area contributed by atoms with Gasteiger partial charge in [-0.3, -0.25) is 19.2 Å². The maximum Gasteiger partial charge on any atom is 0.308 e. The number of anilines is 1. The average molecular weight is 412 g/mol. The third-order valence-corrected chi connectivity index (χ3v) is 7.28. The van der Waals surface area contributed by atoms with Crippen molar-refractivity contribution in [1.29, 1.82) is 0 Å². The fraction of sp³-hybridized carbons (Fsp3) is 0.565. The lowest BCUT2D eigenvalue weighted by Crippen LogP contribution is -2.48. The van der Waals surface area contributed by atoms with Gasteiger partial charge in [0.1, 0.15) is 11.8 Å². The second-order valence-electron chi connectivity index (χ2n) is 9.73. The number of carbonyl (C=O) groups is 4. The summed E-state index contributed by atoms with van der Waals surface area (Å²) in [5.41, 5.74) is 0.156. The van der Waals surface area contributed by atoms with Crippen LogP contribution in [0.1, 0.15) is 53.9 Å². The zero-order chi connectivity index (χ0) is 22.0. The van der Waals surface area contributed by atoms with Gasteiger partial charge in [0.25, 0.3) is 5.91 Å². The fourth-order valence-corrected chi connectivity index (χ4v) is 4.84. The molecule has 0 spiro atoms. The molecule has 1 unspecified atom stereocenters. The molecule has 2 saturated carbocycles. The number of benzene rings is 1. The van der Waals surface area contributed by atoms with Gasteiger partial charge in [-0.25, -0.2) is 4.90 Å². The van der Waals surface area contributed by atoms with E-state index < -0.39 is 12.0 Å². The van der Waals surface area contributed by atoms with Crippen LogP contribution in [-0.2, 0) is 19.2 Å². The third kappa shape index (κ3) is 3.11. The summed E-state index contributed by atoms with van der Waals surface area (Å²) < 4.78 is 5.01. The fourth-order valence-electron chi connectivity index (χ4n) is 4.84. The van der Waals surface area contributed by atoms with Crippen molar-refractivity contribution in [3.63, 3.8) is 0 Å². The molecule has 3 aliphatic rings. The molecule has 1 saturated heterocycles.